The highest BCUT2D eigenvalue weighted by Gasteiger charge is 2.04. The molecule has 0 aliphatic heterocycles. The monoisotopic (exact) mass is 270 g/mol. The molecule has 0 bridgehead atoms. The van der Waals surface area contributed by atoms with E-state index in [2.05, 4.69) is 21.2 Å². The summed E-state index contributed by atoms with van der Waals surface area (Å²) >= 11 is 3.38. The van der Waals surface area contributed by atoms with E-state index in [9.17, 15) is 4.79 Å². The van der Waals surface area contributed by atoms with Crippen molar-refractivity contribution in [2.75, 3.05) is 26.0 Å². The van der Waals surface area contributed by atoms with Gasteiger partial charge in [-0.3, -0.25) is 4.79 Å². The van der Waals surface area contributed by atoms with Gasteiger partial charge in [0.05, 0.1) is 5.69 Å². The molecule has 4 heteroatoms. The zero-order chi connectivity index (χ0) is 11.3. The van der Waals surface area contributed by atoms with Crippen molar-refractivity contribution in [3.05, 3.63) is 28.7 Å². The predicted molar refractivity (Wildman–Crippen MR) is 65.9 cm³/mol. The smallest absolute Gasteiger partial charge is 0.225 e. The van der Waals surface area contributed by atoms with Crippen molar-refractivity contribution in [3.8, 4) is 0 Å². The van der Waals surface area contributed by atoms with Crippen LogP contribution in [0.2, 0.25) is 0 Å². The van der Waals surface area contributed by atoms with Gasteiger partial charge in [-0.05, 0) is 42.2 Å². The molecule has 1 rings (SSSR count). The maximum Gasteiger partial charge on any atom is 0.225 e. The Morgan fingerprint density at radius 3 is 2.67 bits per heavy atom. The highest BCUT2D eigenvalue weighted by atomic mass is 79.9. The molecule has 82 valence electrons. The predicted octanol–water partition coefficient (Wildman–Crippen LogP) is 2.34. The molecule has 0 fully saturated rings. The van der Waals surface area contributed by atoms with Crippen LogP contribution in [0.25, 0.3) is 0 Å². The molecule has 0 heterocycles. The summed E-state index contributed by atoms with van der Waals surface area (Å²) in [6, 6.07) is 7.59. The average molecular weight is 271 g/mol. The molecule has 15 heavy (non-hydrogen) atoms. The van der Waals surface area contributed by atoms with E-state index in [-0.39, 0.29) is 5.91 Å². The summed E-state index contributed by atoms with van der Waals surface area (Å²) in [7, 11) is 3.90. The number of para-hydroxylation sites is 1. The van der Waals surface area contributed by atoms with E-state index in [1.807, 2.05) is 43.3 Å². The van der Waals surface area contributed by atoms with Crippen molar-refractivity contribution >= 4 is 27.5 Å². The fourth-order valence-corrected chi connectivity index (χ4v) is 1.48. The van der Waals surface area contributed by atoms with Gasteiger partial charge in [0, 0.05) is 17.4 Å². The van der Waals surface area contributed by atoms with Crippen molar-refractivity contribution in [3.63, 3.8) is 0 Å². The molecule has 0 radical (unpaired) electrons. The number of carbonyl (C=O) groups is 1. The zero-order valence-electron chi connectivity index (χ0n) is 8.96. The molecular formula is C11H15BrN2O. The van der Waals surface area contributed by atoms with E-state index in [1.165, 1.54) is 0 Å². The first kappa shape index (κ1) is 12.2. The Kier molecular flexibility index (Phi) is 4.78. The van der Waals surface area contributed by atoms with Crippen LogP contribution in [0, 0.1) is 0 Å². The molecule has 0 saturated carbocycles. The van der Waals surface area contributed by atoms with Gasteiger partial charge in [0.2, 0.25) is 5.91 Å². The summed E-state index contributed by atoms with van der Waals surface area (Å²) in [6.07, 6.45) is 0.508. The molecule has 1 aromatic carbocycles. The minimum Gasteiger partial charge on any atom is -0.325 e. The number of amides is 1. The van der Waals surface area contributed by atoms with Crippen LogP contribution in [-0.4, -0.2) is 31.4 Å². The second kappa shape index (κ2) is 5.88. The standard InChI is InChI=1S/C11H15BrN2O/c1-14(2)8-7-11(15)13-10-6-4-3-5-9(10)12/h3-6H,7-8H2,1-2H3,(H,13,15). The molecule has 0 aliphatic carbocycles. The normalized spacial score (nSPS) is 10.4. The van der Waals surface area contributed by atoms with E-state index in [0.717, 1.165) is 16.7 Å². The lowest BCUT2D eigenvalue weighted by molar-refractivity contribution is -0.116. The van der Waals surface area contributed by atoms with Crippen LogP contribution in [0.3, 0.4) is 0 Å². The minimum atomic E-state index is 0.0376. The molecule has 0 spiro atoms. The Bertz CT molecular complexity index is 339. The number of carbonyl (C=O) groups excluding carboxylic acids is 1. The highest BCUT2D eigenvalue weighted by molar-refractivity contribution is 9.10. The Morgan fingerprint density at radius 2 is 2.07 bits per heavy atom. The largest absolute Gasteiger partial charge is 0.325 e. The molecular weight excluding hydrogens is 256 g/mol. The number of halogens is 1. The third-order valence-corrected chi connectivity index (χ3v) is 2.63. The highest BCUT2D eigenvalue weighted by Crippen LogP contribution is 2.21. The van der Waals surface area contributed by atoms with Gasteiger partial charge in [0.15, 0.2) is 0 Å². The summed E-state index contributed by atoms with van der Waals surface area (Å²) in [6.45, 7) is 0.760. The number of nitrogens with one attached hydrogen (secondary N) is 1. The lowest BCUT2D eigenvalue weighted by atomic mass is 10.3. The van der Waals surface area contributed by atoms with Crippen LogP contribution in [0.1, 0.15) is 6.42 Å². The van der Waals surface area contributed by atoms with Gasteiger partial charge in [-0.25, -0.2) is 0 Å². The van der Waals surface area contributed by atoms with Crippen molar-refractivity contribution in [2.24, 2.45) is 0 Å². The summed E-state index contributed by atoms with van der Waals surface area (Å²) < 4.78 is 0.906. The van der Waals surface area contributed by atoms with Gasteiger partial charge in [-0.1, -0.05) is 12.1 Å². The molecule has 1 aromatic rings. The number of rotatable bonds is 4. The topological polar surface area (TPSA) is 32.3 Å². The molecule has 0 saturated heterocycles. The van der Waals surface area contributed by atoms with Crippen LogP contribution in [0.5, 0.6) is 0 Å². The van der Waals surface area contributed by atoms with Gasteiger partial charge in [-0.15, -0.1) is 0 Å². The molecule has 0 atom stereocenters. The number of hydrogen-bond donors (Lipinski definition) is 1. The van der Waals surface area contributed by atoms with E-state index in [4.69, 9.17) is 0 Å². The minimum absolute atomic E-state index is 0.0376. The van der Waals surface area contributed by atoms with Crippen molar-refractivity contribution < 1.29 is 4.79 Å². The van der Waals surface area contributed by atoms with Gasteiger partial charge in [-0.2, -0.15) is 0 Å². The van der Waals surface area contributed by atoms with Crippen LogP contribution < -0.4 is 5.32 Å². The Hall–Kier alpha value is -0.870. The van der Waals surface area contributed by atoms with E-state index in [0.29, 0.717) is 6.42 Å². The first-order chi connectivity index (χ1) is 7.09. The number of anilines is 1. The van der Waals surface area contributed by atoms with E-state index < -0.39 is 0 Å². The lowest BCUT2D eigenvalue weighted by Gasteiger charge is -2.10. The Balaban J connectivity index is 2.48. The van der Waals surface area contributed by atoms with Crippen LogP contribution >= 0.6 is 15.9 Å². The molecule has 1 N–H and O–H groups in total. The van der Waals surface area contributed by atoms with Gasteiger partial charge < -0.3 is 10.2 Å². The van der Waals surface area contributed by atoms with Gasteiger partial charge in [0.1, 0.15) is 0 Å². The van der Waals surface area contributed by atoms with E-state index >= 15 is 0 Å². The second-order valence-electron chi connectivity index (χ2n) is 3.58. The van der Waals surface area contributed by atoms with E-state index in [1.54, 1.807) is 0 Å². The average Bonchev–Trinajstić information content (AvgIpc) is 2.18. The molecule has 0 aliphatic rings. The van der Waals surface area contributed by atoms with Gasteiger partial charge in [0.25, 0.3) is 0 Å². The maximum atomic E-state index is 11.5. The second-order valence-corrected chi connectivity index (χ2v) is 4.44. The van der Waals surface area contributed by atoms with Crippen LogP contribution in [0.4, 0.5) is 5.69 Å². The summed E-state index contributed by atoms with van der Waals surface area (Å²) in [5.41, 5.74) is 0.821. The zero-order valence-corrected chi connectivity index (χ0v) is 10.5. The van der Waals surface area contributed by atoms with Crippen molar-refractivity contribution in [1.29, 1.82) is 0 Å². The lowest BCUT2D eigenvalue weighted by Crippen LogP contribution is -2.20. The first-order valence-electron chi connectivity index (χ1n) is 4.78. The molecule has 3 nitrogen and oxygen atoms in total. The number of benzene rings is 1. The Morgan fingerprint density at radius 1 is 1.40 bits per heavy atom. The third-order valence-electron chi connectivity index (χ3n) is 1.93. The van der Waals surface area contributed by atoms with Crippen molar-refractivity contribution in [1.82, 2.24) is 4.90 Å². The SMILES string of the molecule is CN(C)CCC(=O)Nc1ccccc1Br. The number of hydrogen-bond acceptors (Lipinski definition) is 2. The van der Waals surface area contributed by atoms with Crippen LogP contribution in [0.15, 0.2) is 28.7 Å². The van der Waals surface area contributed by atoms with Crippen molar-refractivity contribution in [2.45, 2.75) is 6.42 Å². The molecule has 1 amide bonds. The third kappa shape index (κ3) is 4.44. The first-order valence-corrected chi connectivity index (χ1v) is 5.58. The summed E-state index contributed by atoms with van der Waals surface area (Å²) in [5, 5.41) is 2.85. The number of nitrogens with zero attached hydrogens (tertiary/aromatic N) is 1. The quantitative estimate of drug-likeness (QED) is 0.911. The van der Waals surface area contributed by atoms with Gasteiger partial charge >= 0.3 is 0 Å². The fraction of sp³-hybridized carbons (Fsp3) is 0.364. The van der Waals surface area contributed by atoms with Crippen LogP contribution in [-0.2, 0) is 4.79 Å². The molecule has 0 unspecified atom stereocenters. The summed E-state index contributed by atoms with van der Waals surface area (Å²) in [4.78, 5) is 13.5. The Labute approximate surface area is 98.6 Å². The summed E-state index contributed by atoms with van der Waals surface area (Å²) in [5.74, 6) is 0.0376. The fourth-order valence-electron chi connectivity index (χ4n) is 1.10. The molecule has 0 aromatic heterocycles. The maximum absolute atomic E-state index is 11.5.